The molecule has 2 unspecified atom stereocenters. The van der Waals surface area contributed by atoms with E-state index in [4.69, 9.17) is 14.6 Å². The van der Waals surface area contributed by atoms with Crippen LogP contribution in [0.25, 0.3) is 0 Å². The molecule has 0 rings (SSSR count). The van der Waals surface area contributed by atoms with E-state index in [1.807, 2.05) is 41.9 Å². The van der Waals surface area contributed by atoms with Gasteiger partial charge in [0, 0.05) is 12.4 Å². The summed E-state index contributed by atoms with van der Waals surface area (Å²) in [5.41, 5.74) is 0. The Bertz CT molecular complexity index is 376. The fraction of sp³-hybridized carbons (Fsp3) is 0.889. The zero-order valence-electron chi connectivity index (χ0n) is 17.1. The summed E-state index contributed by atoms with van der Waals surface area (Å²) in [5.74, 6) is -1.38. The summed E-state index contributed by atoms with van der Waals surface area (Å²) in [6.45, 7) is 9.88. The highest BCUT2D eigenvalue weighted by Gasteiger charge is 2.20. The molecular formula is C18H37NO6. The third-order valence-corrected chi connectivity index (χ3v) is 2.85. The molecule has 0 spiro atoms. The molecule has 0 heterocycles. The van der Waals surface area contributed by atoms with Gasteiger partial charge in [-0.2, -0.15) is 0 Å². The topological polar surface area (TPSA) is 95.9 Å². The molecular weight excluding hydrogens is 326 g/mol. The zero-order chi connectivity index (χ0) is 20.2. The molecule has 0 bridgehead atoms. The maximum absolute atomic E-state index is 10.8. The quantitative estimate of drug-likeness (QED) is 0.454. The molecule has 7 nitrogen and oxygen atoms in total. The molecule has 0 aliphatic rings. The van der Waals surface area contributed by atoms with Gasteiger partial charge in [0.25, 0.3) is 0 Å². The smallest absolute Gasteiger partial charge is 0.308 e. The molecule has 0 fully saturated rings. The third kappa shape index (κ3) is 20.8. The van der Waals surface area contributed by atoms with Crippen LogP contribution < -0.4 is 5.11 Å². The second kappa shape index (κ2) is 13.1. The first-order chi connectivity index (χ1) is 11.3. The van der Waals surface area contributed by atoms with Crippen LogP contribution in [-0.4, -0.2) is 73.6 Å². The van der Waals surface area contributed by atoms with Gasteiger partial charge in [0.1, 0.15) is 12.6 Å². The van der Waals surface area contributed by atoms with Crippen molar-refractivity contribution in [2.75, 3.05) is 27.7 Å². The average molecular weight is 363 g/mol. The Balaban J connectivity index is 0. The molecule has 0 radical (unpaired) electrons. The molecule has 0 aliphatic heterocycles. The van der Waals surface area contributed by atoms with Crippen LogP contribution in [0.5, 0.6) is 0 Å². The van der Waals surface area contributed by atoms with Crippen LogP contribution in [0.15, 0.2) is 0 Å². The van der Waals surface area contributed by atoms with Crippen LogP contribution in [0.4, 0.5) is 0 Å². The molecule has 7 heteroatoms. The van der Waals surface area contributed by atoms with E-state index in [-0.39, 0.29) is 37.1 Å². The van der Waals surface area contributed by atoms with Crippen LogP contribution >= 0.6 is 0 Å². The molecule has 0 saturated carbocycles. The number of aliphatic hydroxyl groups excluding tert-OH is 1. The third-order valence-electron chi connectivity index (χ3n) is 2.85. The van der Waals surface area contributed by atoms with Crippen molar-refractivity contribution in [1.82, 2.24) is 0 Å². The number of rotatable bonds is 10. The Morgan fingerprint density at radius 2 is 1.56 bits per heavy atom. The summed E-state index contributed by atoms with van der Waals surface area (Å²) in [4.78, 5) is 21.3. The first kappa shape index (κ1) is 26.1. The number of quaternary nitrogens is 1. The highest BCUT2D eigenvalue weighted by atomic mass is 16.5. The van der Waals surface area contributed by atoms with E-state index in [0.717, 1.165) is 0 Å². The van der Waals surface area contributed by atoms with Crippen molar-refractivity contribution >= 4 is 11.9 Å². The summed E-state index contributed by atoms with van der Waals surface area (Å²) < 4.78 is 11.0. The lowest BCUT2D eigenvalue weighted by Gasteiger charge is -2.30. The molecule has 1 N–H and O–H groups in total. The Labute approximate surface area is 152 Å². The summed E-state index contributed by atoms with van der Waals surface area (Å²) in [7, 11) is 6.02. The normalized spacial score (nSPS) is 13.9. The van der Waals surface area contributed by atoms with Gasteiger partial charge < -0.3 is 29.0 Å². The minimum absolute atomic E-state index is 0.0340. The van der Waals surface area contributed by atoms with Crippen LogP contribution in [0, 0.1) is 0 Å². The van der Waals surface area contributed by atoms with Gasteiger partial charge in [-0.1, -0.05) is 6.92 Å². The number of esters is 1. The lowest BCUT2D eigenvalue weighted by Crippen LogP contribution is -2.45. The first-order valence-electron chi connectivity index (χ1n) is 8.80. The van der Waals surface area contributed by atoms with E-state index in [2.05, 4.69) is 0 Å². The number of likely N-dealkylation sites (N-methyl/N-ethyl adjacent to an activating group) is 1. The van der Waals surface area contributed by atoms with Crippen molar-refractivity contribution in [2.45, 2.75) is 78.3 Å². The molecule has 0 aliphatic carbocycles. The van der Waals surface area contributed by atoms with Crippen molar-refractivity contribution in [3.8, 4) is 0 Å². The fourth-order valence-corrected chi connectivity index (χ4v) is 1.99. The van der Waals surface area contributed by atoms with Crippen LogP contribution in [-0.2, 0) is 19.1 Å². The highest BCUT2D eigenvalue weighted by molar-refractivity contribution is 5.70. The number of carboxylic acid groups (broad SMARTS) is 1. The van der Waals surface area contributed by atoms with Crippen molar-refractivity contribution in [2.24, 2.45) is 0 Å². The van der Waals surface area contributed by atoms with E-state index in [0.29, 0.717) is 17.4 Å². The molecule has 25 heavy (non-hydrogen) atoms. The predicted octanol–water partition coefficient (Wildman–Crippen LogP) is 0.725. The van der Waals surface area contributed by atoms with Gasteiger partial charge >= 0.3 is 5.97 Å². The number of ether oxygens (including phenoxy) is 2. The molecule has 0 amide bonds. The lowest BCUT2D eigenvalue weighted by molar-refractivity contribution is -0.873. The monoisotopic (exact) mass is 363 g/mol. The van der Waals surface area contributed by atoms with Crippen LogP contribution in [0.3, 0.4) is 0 Å². The lowest BCUT2D eigenvalue weighted by atomic mass is 10.2. The van der Waals surface area contributed by atoms with E-state index < -0.39 is 12.1 Å². The molecule has 0 aromatic rings. The molecule has 2 atom stereocenters. The van der Waals surface area contributed by atoms with E-state index >= 15 is 0 Å². The van der Waals surface area contributed by atoms with E-state index in [1.165, 1.54) is 0 Å². The SMILES string of the molecule is CC(C)OC(CC(=O)[O-])C[N+](C)(C)C.CCC(O)CC(=O)OC(C)C. The van der Waals surface area contributed by atoms with Gasteiger partial charge in [0.05, 0.1) is 45.9 Å². The molecule has 0 aromatic carbocycles. The largest absolute Gasteiger partial charge is 0.550 e. The predicted molar refractivity (Wildman–Crippen MR) is 94.7 cm³/mol. The maximum Gasteiger partial charge on any atom is 0.308 e. The Morgan fingerprint density at radius 3 is 1.88 bits per heavy atom. The number of carbonyl (C=O) groups is 2. The van der Waals surface area contributed by atoms with E-state index in [1.54, 1.807) is 13.8 Å². The summed E-state index contributed by atoms with van der Waals surface area (Å²) in [5, 5.41) is 19.5. The molecule has 0 aromatic heterocycles. The number of aliphatic hydroxyl groups is 1. The Morgan fingerprint density at radius 1 is 1.04 bits per heavy atom. The summed E-state index contributed by atoms with van der Waals surface area (Å²) in [6.07, 6.45) is -0.200. The fourth-order valence-electron chi connectivity index (χ4n) is 1.99. The van der Waals surface area contributed by atoms with Gasteiger partial charge in [-0.3, -0.25) is 4.79 Å². The van der Waals surface area contributed by atoms with Crippen LogP contribution in [0.2, 0.25) is 0 Å². The second-order valence-corrected chi connectivity index (χ2v) is 7.66. The minimum Gasteiger partial charge on any atom is -0.550 e. The van der Waals surface area contributed by atoms with Gasteiger partial charge in [-0.25, -0.2) is 0 Å². The molecule has 150 valence electrons. The minimum atomic E-state index is -1.05. The van der Waals surface area contributed by atoms with Gasteiger partial charge in [-0.05, 0) is 34.1 Å². The first-order valence-corrected chi connectivity index (χ1v) is 8.80. The van der Waals surface area contributed by atoms with Crippen molar-refractivity contribution in [3.63, 3.8) is 0 Å². The Hall–Kier alpha value is -1.18. The second-order valence-electron chi connectivity index (χ2n) is 7.66. The number of hydrogen-bond acceptors (Lipinski definition) is 6. The summed E-state index contributed by atoms with van der Waals surface area (Å²) in [6, 6.07) is 0. The number of aliphatic carboxylic acids is 1. The zero-order valence-corrected chi connectivity index (χ0v) is 17.1. The average Bonchev–Trinajstić information content (AvgIpc) is 2.34. The van der Waals surface area contributed by atoms with Crippen LogP contribution in [0.1, 0.15) is 53.9 Å². The summed E-state index contributed by atoms with van der Waals surface area (Å²) >= 11 is 0. The number of carboxylic acids is 1. The molecule has 0 saturated heterocycles. The number of carbonyl (C=O) groups excluding carboxylic acids is 2. The Kier molecular flexibility index (Phi) is 13.6. The maximum atomic E-state index is 10.8. The highest BCUT2D eigenvalue weighted by Crippen LogP contribution is 2.06. The van der Waals surface area contributed by atoms with Crippen molar-refractivity contribution in [1.29, 1.82) is 0 Å². The number of nitrogens with zero attached hydrogens (tertiary/aromatic N) is 1. The van der Waals surface area contributed by atoms with Gasteiger partial charge in [0.2, 0.25) is 0 Å². The van der Waals surface area contributed by atoms with Crippen molar-refractivity contribution < 1.29 is 33.8 Å². The van der Waals surface area contributed by atoms with E-state index in [9.17, 15) is 14.7 Å². The standard InChI is InChI=1S/C10H21NO3.C8H16O3/c1-8(2)14-9(6-10(12)13)7-11(3,4)5;1-4-7(9)5-8(10)11-6(2)3/h8-9H,6-7H2,1-5H3;6-7,9H,4-5H2,1-3H3. The van der Waals surface area contributed by atoms with Gasteiger partial charge in [0.15, 0.2) is 0 Å². The van der Waals surface area contributed by atoms with Crippen molar-refractivity contribution in [3.05, 3.63) is 0 Å². The van der Waals surface area contributed by atoms with Gasteiger partial charge in [-0.15, -0.1) is 0 Å². The number of hydrogen-bond donors (Lipinski definition) is 1.